The average molecular weight is 405 g/mol. The quantitative estimate of drug-likeness (QED) is 0.474. The molecule has 2 fully saturated rings. The fourth-order valence-corrected chi connectivity index (χ4v) is 4.53. The Morgan fingerprint density at radius 2 is 1.63 bits per heavy atom. The van der Waals surface area contributed by atoms with E-state index in [4.69, 9.17) is 0 Å². The van der Waals surface area contributed by atoms with Gasteiger partial charge in [0.15, 0.2) is 0 Å². The van der Waals surface area contributed by atoms with Crippen LogP contribution in [-0.4, -0.2) is 46.8 Å². The van der Waals surface area contributed by atoms with E-state index in [1.165, 1.54) is 0 Å². The lowest BCUT2D eigenvalue weighted by molar-refractivity contribution is -0.141. The van der Waals surface area contributed by atoms with Crippen molar-refractivity contribution in [1.29, 1.82) is 0 Å². The van der Waals surface area contributed by atoms with Crippen LogP contribution in [0, 0.1) is 0 Å². The second-order valence-corrected chi connectivity index (χ2v) is 8.22. The Morgan fingerprint density at radius 1 is 1.00 bits per heavy atom. The lowest BCUT2D eigenvalue weighted by Crippen LogP contribution is -2.40. The first-order chi connectivity index (χ1) is 14.5. The molecule has 2 aromatic rings. The maximum atomic E-state index is 13.1. The van der Waals surface area contributed by atoms with Crippen LogP contribution in [0.2, 0.25) is 0 Å². The van der Waals surface area contributed by atoms with Gasteiger partial charge in [0.05, 0.1) is 11.6 Å². The maximum absolute atomic E-state index is 13.1. The van der Waals surface area contributed by atoms with E-state index < -0.39 is 17.7 Å². The highest BCUT2D eigenvalue weighted by Gasteiger charge is 2.48. The Labute approximate surface area is 176 Å². The summed E-state index contributed by atoms with van der Waals surface area (Å²) in [5.74, 6) is -1.27. The van der Waals surface area contributed by atoms with E-state index in [-0.39, 0.29) is 17.4 Å². The summed E-state index contributed by atoms with van der Waals surface area (Å²) in [7, 11) is 3.93. The molecule has 1 amide bonds. The van der Waals surface area contributed by atoms with Gasteiger partial charge in [-0.05, 0) is 42.7 Å². The number of pyridine rings is 1. The topological polar surface area (TPSA) is 73.7 Å². The highest BCUT2D eigenvalue weighted by molar-refractivity contribution is 6.46. The SMILES string of the molecule is CN(C)c1ccc(C2/C(=C(/O)c3ccncc3)C(=O)C(=O)N2C2CCCCC2)cc1. The molecule has 1 N–H and O–H groups in total. The summed E-state index contributed by atoms with van der Waals surface area (Å²) in [5.41, 5.74) is 2.51. The van der Waals surface area contributed by atoms with Crippen LogP contribution < -0.4 is 4.90 Å². The number of hydrogen-bond donors (Lipinski definition) is 1. The molecule has 0 radical (unpaired) electrons. The number of ketones is 1. The Hall–Kier alpha value is -3.15. The van der Waals surface area contributed by atoms with Gasteiger partial charge in [-0.15, -0.1) is 0 Å². The number of carbonyl (C=O) groups is 2. The molecule has 0 spiro atoms. The van der Waals surface area contributed by atoms with Gasteiger partial charge in [-0.25, -0.2) is 0 Å². The summed E-state index contributed by atoms with van der Waals surface area (Å²) in [6, 6.07) is 10.6. The predicted octanol–water partition coefficient (Wildman–Crippen LogP) is 3.90. The van der Waals surface area contributed by atoms with Crippen molar-refractivity contribution >= 4 is 23.1 Å². The number of Topliss-reactive ketones (excluding diaryl/α,β-unsaturated/α-hetero) is 1. The minimum atomic E-state index is -0.614. The molecule has 1 unspecified atom stereocenters. The molecule has 1 atom stereocenters. The third-order valence-corrected chi connectivity index (χ3v) is 6.13. The van der Waals surface area contributed by atoms with Gasteiger partial charge < -0.3 is 14.9 Å². The largest absolute Gasteiger partial charge is 0.507 e. The molecule has 2 aliphatic rings. The highest BCUT2D eigenvalue weighted by atomic mass is 16.3. The van der Waals surface area contributed by atoms with Gasteiger partial charge in [0.25, 0.3) is 11.7 Å². The molecular weight excluding hydrogens is 378 g/mol. The van der Waals surface area contributed by atoms with Crippen LogP contribution in [0.1, 0.15) is 49.3 Å². The minimum Gasteiger partial charge on any atom is -0.507 e. The number of benzene rings is 1. The summed E-state index contributed by atoms with van der Waals surface area (Å²) < 4.78 is 0. The average Bonchev–Trinajstić information content (AvgIpc) is 3.05. The third kappa shape index (κ3) is 3.58. The lowest BCUT2D eigenvalue weighted by Gasteiger charge is -2.35. The van der Waals surface area contributed by atoms with E-state index in [1.54, 1.807) is 29.4 Å². The molecule has 1 saturated heterocycles. The molecule has 4 rings (SSSR count). The number of aromatic nitrogens is 1. The zero-order chi connectivity index (χ0) is 21.3. The Kier molecular flexibility index (Phi) is 5.57. The van der Waals surface area contributed by atoms with Gasteiger partial charge in [-0.2, -0.15) is 0 Å². The molecule has 1 aromatic carbocycles. The first-order valence-corrected chi connectivity index (χ1v) is 10.5. The number of anilines is 1. The molecule has 6 nitrogen and oxygen atoms in total. The fourth-order valence-electron chi connectivity index (χ4n) is 4.53. The molecule has 6 heteroatoms. The zero-order valence-electron chi connectivity index (χ0n) is 17.4. The van der Waals surface area contributed by atoms with Crippen LogP contribution in [0.4, 0.5) is 5.69 Å². The number of hydrogen-bond acceptors (Lipinski definition) is 5. The zero-order valence-corrected chi connectivity index (χ0v) is 17.4. The molecular formula is C24H27N3O3. The van der Waals surface area contributed by atoms with Crippen molar-refractivity contribution < 1.29 is 14.7 Å². The summed E-state index contributed by atoms with van der Waals surface area (Å²) in [6.07, 6.45) is 8.14. The van der Waals surface area contributed by atoms with Crippen molar-refractivity contribution in [3.63, 3.8) is 0 Å². The Balaban J connectivity index is 1.85. The van der Waals surface area contributed by atoms with Gasteiger partial charge in [-0.1, -0.05) is 31.4 Å². The number of rotatable bonds is 4. The van der Waals surface area contributed by atoms with E-state index in [2.05, 4.69) is 4.98 Å². The van der Waals surface area contributed by atoms with Crippen LogP contribution in [0.15, 0.2) is 54.4 Å². The molecule has 1 aliphatic carbocycles. The third-order valence-electron chi connectivity index (χ3n) is 6.13. The summed E-state index contributed by atoms with van der Waals surface area (Å²) in [4.78, 5) is 33.9. The lowest BCUT2D eigenvalue weighted by atomic mass is 9.91. The summed E-state index contributed by atoms with van der Waals surface area (Å²) in [6.45, 7) is 0. The van der Waals surface area contributed by atoms with Crippen molar-refractivity contribution in [2.24, 2.45) is 0 Å². The van der Waals surface area contributed by atoms with Crippen molar-refractivity contribution in [3.8, 4) is 0 Å². The molecule has 1 aromatic heterocycles. The number of nitrogens with zero attached hydrogens (tertiary/aromatic N) is 3. The second kappa shape index (κ2) is 8.30. The molecule has 1 saturated carbocycles. The van der Waals surface area contributed by atoms with Gasteiger partial charge >= 0.3 is 0 Å². The molecule has 1 aliphatic heterocycles. The van der Waals surface area contributed by atoms with Gasteiger partial charge in [0.1, 0.15) is 5.76 Å². The van der Waals surface area contributed by atoms with Crippen LogP contribution in [0.5, 0.6) is 0 Å². The van der Waals surface area contributed by atoms with E-state index in [0.717, 1.165) is 43.4 Å². The Bertz CT molecular complexity index is 961. The number of aliphatic hydroxyl groups is 1. The van der Waals surface area contributed by atoms with E-state index >= 15 is 0 Å². The predicted molar refractivity (Wildman–Crippen MR) is 116 cm³/mol. The number of aliphatic hydroxyl groups excluding tert-OH is 1. The fraction of sp³-hybridized carbons (Fsp3) is 0.375. The summed E-state index contributed by atoms with van der Waals surface area (Å²) >= 11 is 0. The smallest absolute Gasteiger partial charge is 0.295 e. The highest BCUT2D eigenvalue weighted by Crippen LogP contribution is 2.43. The minimum absolute atomic E-state index is 0.0106. The summed E-state index contributed by atoms with van der Waals surface area (Å²) in [5, 5.41) is 11.0. The van der Waals surface area contributed by atoms with Crippen molar-refractivity contribution in [2.45, 2.75) is 44.2 Å². The van der Waals surface area contributed by atoms with Gasteiger partial charge in [0.2, 0.25) is 0 Å². The van der Waals surface area contributed by atoms with Crippen LogP contribution in [0.3, 0.4) is 0 Å². The number of amides is 1. The number of likely N-dealkylation sites (tertiary alicyclic amines) is 1. The van der Waals surface area contributed by atoms with Crippen molar-refractivity contribution in [1.82, 2.24) is 9.88 Å². The normalized spacial score (nSPS) is 21.8. The number of carbonyl (C=O) groups excluding carboxylic acids is 2. The van der Waals surface area contributed by atoms with E-state index in [1.807, 2.05) is 43.3 Å². The molecule has 2 heterocycles. The van der Waals surface area contributed by atoms with E-state index in [0.29, 0.717) is 5.56 Å². The van der Waals surface area contributed by atoms with Crippen molar-refractivity contribution in [3.05, 3.63) is 65.5 Å². The van der Waals surface area contributed by atoms with Crippen LogP contribution in [-0.2, 0) is 9.59 Å². The molecule has 30 heavy (non-hydrogen) atoms. The maximum Gasteiger partial charge on any atom is 0.295 e. The van der Waals surface area contributed by atoms with E-state index in [9.17, 15) is 14.7 Å². The van der Waals surface area contributed by atoms with Crippen molar-refractivity contribution in [2.75, 3.05) is 19.0 Å². The van der Waals surface area contributed by atoms with Gasteiger partial charge in [0, 0.05) is 43.8 Å². The molecule has 0 bridgehead atoms. The second-order valence-electron chi connectivity index (χ2n) is 8.22. The first kappa shape index (κ1) is 20.1. The van der Waals surface area contributed by atoms with Crippen LogP contribution in [0.25, 0.3) is 5.76 Å². The van der Waals surface area contributed by atoms with Gasteiger partial charge in [-0.3, -0.25) is 14.6 Å². The monoisotopic (exact) mass is 405 g/mol. The Morgan fingerprint density at radius 3 is 2.23 bits per heavy atom. The van der Waals surface area contributed by atoms with Crippen LogP contribution >= 0.6 is 0 Å². The first-order valence-electron chi connectivity index (χ1n) is 10.5. The molecule has 156 valence electrons. The standard InChI is InChI=1S/C24H27N3O3/c1-26(2)18-10-8-16(9-11-18)21-20(22(28)17-12-14-25-15-13-17)23(29)24(30)27(21)19-6-4-3-5-7-19/h8-15,19,21,28H,3-7H2,1-2H3/b22-20-.